The molecule has 2 atom stereocenters. The summed E-state index contributed by atoms with van der Waals surface area (Å²) in [5, 5.41) is 13.4. The Balaban J connectivity index is 1.63. The van der Waals surface area contributed by atoms with Crippen molar-refractivity contribution in [1.29, 1.82) is 0 Å². The van der Waals surface area contributed by atoms with Crippen molar-refractivity contribution in [3.63, 3.8) is 0 Å². The molecule has 2 aromatic carbocycles. The number of carbonyl (C=O) groups is 2. The van der Waals surface area contributed by atoms with E-state index in [4.69, 9.17) is 4.74 Å². The number of nitrogens with one attached hydrogen (secondary N) is 1. The van der Waals surface area contributed by atoms with Crippen LogP contribution in [0.5, 0.6) is 0 Å². The summed E-state index contributed by atoms with van der Waals surface area (Å²) < 4.78 is 21.6. The van der Waals surface area contributed by atoms with E-state index < -0.39 is 23.9 Å². The van der Waals surface area contributed by atoms with Crippen molar-refractivity contribution in [1.82, 2.24) is 9.88 Å². The Morgan fingerprint density at radius 3 is 2.76 bits per heavy atom. The Labute approximate surface area is 191 Å². The number of benzene rings is 2. The molecule has 1 aromatic heterocycles. The molecule has 2 N–H and O–H groups in total. The third-order valence-electron chi connectivity index (χ3n) is 6.23. The van der Waals surface area contributed by atoms with Crippen LogP contribution in [0, 0.1) is 5.82 Å². The first kappa shape index (κ1) is 22.6. The fourth-order valence-corrected chi connectivity index (χ4v) is 4.74. The highest BCUT2D eigenvalue weighted by atomic mass is 19.1. The van der Waals surface area contributed by atoms with Crippen LogP contribution in [-0.2, 0) is 29.0 Å². The molecule has 0 radical (unpaired) electrons. The molecule has 1 aliphatic carbocycles. The predicted octanol–water partition coefficient (Wildman–Crippen LogP) is 5.24. The summed E-state index contributed by atoms with van der Waals surface area (Å²) in [5.41, 5.74) is 3.88. The van der Waals surface area contributed by atoms with Crippen LogP contribution in [0.3, 0.4) is 0 Å². The van der Waals surface area contributed by atoms with Gasteiger partial charge in [0.15, 0.2) is 0 Å². The summed E-state index contributed by atoms with van der Waals surface area (Å²) in [6.45, 7) is 5.80. The lowest BCUT2D eigenvalue weighted by Gasteiger charge is -2.26. The number of nitrogens with zero attached hydrogens (tertiary/aromatic N) is 1. The number of ether oxygens (including phenoxy) is 1. The first-order valence-electron chi connectivity index (χ1n) is 11.1. The second-order valence-electron chi connectivity index (χ2n) is 8.30. The average molecular weight is 451 g/mol. The van der Waals surface area contributed by atoms with E-state index in [1.165, 1.54) is 12.1 Å². The minimum atomic E-state index is -0.929. The zero-order valence-corrected chi connectivity index (χ0v) is 18.5. The van der Waals surface area contributed by atoms with E-state index in [0.717, 1.165) is 16.8 Å². The molecule has 0 spiro atoms. The van der Waals surface area contributed by atoms with Gasteiger partial charge in [0, 0.05) is 22.7 Å². The van der Waals surface area contributed by atoms with Crippen molar-refractivity contribution < 1.29 is 23.8 Å². The molecule has 3 aromatic rings. The molecule has 0 saturated carbocycles. The molecule has 33 heavy (non-hydrogen) atoms. The summed E-state index contributed by atoms with van der Waals surface area (Å²) >= 11 is 0. The number of carbonyl (C=O) groups excluding carboxylic acids is 1. The zero-order chi connectivity index (χ0) is 23.5. The molecule has 0 bridgehead atoms. The van der Waals surface area contributed by atoms with Crippen LogP contribution in [0.4, 0.5) is 9.18 Å². The Hall–Kier alpha value is -3.61. The molecule has 0 aliphatic heterocycles. The fraction of sp³-hybridized carbons (Fsp3) is 0.308. The quantitative estimate of drug-likeness (QED) is 0.516. The summed E-state index contributed by atoms with van der Waals surface area (Å²) in [4.78, 5) is 24.4. The van der Waals surface area contributed by atoms with Gasteiger partial charge in [0.2, 0.25) is 0 Å². The van der Waals surface area contributed by atoms with Gasteiger partial charge in [-0.15, -0.1) is 0 Å². The van der Waals surface area contributed by atoms with Crippen molar-refractivity contribution in [3.05, 3.63) is 77.2 Å². The number of halogens is 1. The number of fused-ring (bicyclic) bond motifs is 3. The van der Waals surface area contributed by atoms with Gasteiger partial charge >= 0.3 is 12.1 Å². The summed E-state index contributed by atoms with van der Waals surface area (Å²) in [5.74, 6) is -1.33. The standard InChI is InChI=1S/C26H27FN2O4/c1-3-17-12-18(27)13-21-20-14-19(28-26(32)33-15-16-8-6-5-7-9-16)10-11-23(20)29(24(17)21)22(4-2)25(30)31/h3,5-9,12-13,19,22H,1,4,10-11,14-15H2,2H3,(H,28,32)(H,30,31)/t19-,22?/m0/s1. The number of amides is 1. The summed E-state index contributed by atoms with van der Waals surface area (Å²) in [6, 6.07) is 11.3. The van der Waals surface area contributed by atoms with Gasteiger partial charge in [-0.2, -0.15) is 0 Å². The minimum Gasteiger partial charge on any atom is -0.480 e. The zero-order valence-electron chi connectivity index (χ0n) is 18.5. The second kappa shape index (κ2) is 9.48. The number of hydrogen-bond donors (Lipinski definition) is 2. The van der Waals surface area contributed by atoms with Crippen LogP contribution in [0.2, 0.25) is 0 Å². The normalized spacial score (nSPS) is 16.1. The van der Waals surface area contributed by atoms with Crippen LogP contribution in [0.25, 0.3) is 17.0 Å². The predicted molar refractivity (Wildman–Crippen MR) is 125 cm³/mol. The number of alkyl carbamates (subject to hydrolysis) is 1. The highest BCUT2D eigenvalue weighted by molar-refractivity contribution is 5.94. The number of aliphatic carboxylic acids is 1. The third-order valence-corrected chi connectivity index (χ3v) is 6.23. The molecule has 6 nitrogen and oxygen atoms in total. The maximum absolute atomic E-state index is 14.4. The van der Waals surface area contributed by atoms with Crippen LogP contribution < -0.4 is 5.32 Å². The molecule has 1 unspecified atom stereocenters. The second-order valence-corrected chi connectivity index (χ2v) is 8.30. The lowest BCUT2D eigenvalue weighted by molar-refractivity contribution is -0.140. The molecule has 7 heteroatoms. The van der Waals surface area contributed by atoms with Gasteiger partial charge in [-0.25, -0.2) is 14.0 Å². The molecule has 1 heterocycles. The average Bonchev–Trinajstić information content (AvgIpc) is 3.11. The highest BCUT2D eigenvalue weighted by Gasteiger charge is 2.32. The van der Waals surface area contributed by atoms with E-state index in [-0.39, 0.29) is 12.6 Å². The van der Waals surface area contributed by atoms with Crippen molar-refractivity contribution >= 4 is 29.0 Å². The lowest BCUT2D eigenvalue weighted by Crippen LogP contribution is -2.39. The van der Waals surface area contributed by atoms with Crippen LogP contribution in [0.1, 0.15) is 48.2 Å². The van der Waals surface area contributed by atoms with Gasteiger partial charge in [0.05, 0.1) is 5.52 Å². The van der Waals surface area contributed by atoms with Gasteiger partial charge in [-0.3, -0.25) is 0 Å². The van der Waals surface area contributed by atoms with Gasteiger partial charge in [-0.05, 0) is 48.9 Å². The number of carboxylic acids is 1. The van der Waals surface area contributed by atoms with Crippen molar-refractivity contribution in [2.24, 2.45) is 0 Å². The van der Waals surface area contributed by atoms with Crippen LogP contribution in [-0.4, -0.2) is 27.8 Å². The van der Waals surface area contributed by atoms with Crippen LogP contribution in [0.15, 0.2) is 49.0 Å². The molecule has 0 saturated heterocycles. The monoisotopic (exact) mass is 450 g/mol. The van der Waals surface area contributed by atoms with E-state index in [0.29, 0.717) is 42.1 Å². The number of hydrogen-bond acceptors (Lipinski definition) is 3. The largest absolute Gasteiger partial charge is 0.480 e. The van der Waals surface area contributed by atoms with Crippen molar-refractivity contribution in [2.75, 3.05) is 0 Å². The van der Waals surface area contributed by atoms with Gasteiger partial charge in [0.1, 0.15) is 18.5 Å². The Morgan fingerprint density at radius 1 is 1.33 bits per heavy atom. The molecule has 172 valence electrons. The topological polar surface area (TPSA) is 80.6 Å². The number of carboxylic acid groups (broad SMARTS) is 1. The smallest absolute Gasteiger partial charge is 0.407 e. The lowest BCUT2D eigenvalue weighted by atomic mass is 9.91. The van der Waals surface area contributed by atoms with Gasteiger partial charge < -0.3 is 19.7 Å². The van der Waals surface area contributed by atoms with E-state index in [9.17, 15) is 19.1 Å². The number of rotatable bonds is 7. The highest BCUT2D eigenvalue weighted by Crippen LogP contribution is 2.38. The minimum absolute atomic E-state index is 0.175. The maximum Gasteiger partial charge on any atom is 0.407 e. The molecular weight excluding hydrogens is 423 g/mol. The van der Waals surface area contributed by atoms with E-state index >= 15 is 0 Å². The maximum atomic E-state index is 14.4. The first-order valence-corrected chi connectivity index (χ1v) is 11.1. The Kier molecular flexibility index (Phi) is 6.49. The summed E-state index contributed by atoms with van der Waals surface area (Å²) in [6.07, 6.45) is 3.11. The Morgan fingerprint density at radius 2 is 2.09 bits per heavy atom. The van der Waals surface area contributed by atoms with E-state index in [1.54, 1.807) is 6.08 Å². The first-order chi connectivity index (χ1) is 15.9. The van der Waals surface area contributed by atoms with E-state index in [2.05, 4.69) is 11.9 Å². The fourth-order valence-electron chi connectivity index (χ4n) is 4.74. The molecular formula is C26H27FN2O4. The molecule has 1 amide bonds. The van der Waals surface area contributed by atoms with Crippen LogP contribution >= 0.6 is 0 Å². The van der Waals surface area contributed by atoms with Crippen molar-refractivity contribution in [3.8, 4) is 0 Å². The summed E-state index contributed by atoms with van der Waals surface area (Å²) in [7, 11) is 0. The number of aromatic nitrogens is 1. The SMILES string of the molecule is C=Cc1cc(F)cc2c3c(n(C(CC)C(=O)O)c12)CC[C@H](NC(=O)OCc1ccccc1)C3. The van der Waals surface area contributed by atoms with Gasteiger partial charge in [0.25, 0.3) is 0 Å². The molecule has 4 rings (SSSR count). The third kappa shape index (κ3) is 4.49. The molecule has 0 fully saturated rings. The van der Waals surface area contributed by atoms with Crippen molar-refractivity contribution in [2.45, 2.75) is 51.3 Å². The van der Waals surface area contributed by atoms with Gasteiger partial charge in [-0.1, -0.05) is 49.9 Å². The van der Waals surface area contributed by atoms with E-state index in [1.807, 2.05) is 41.8 Å². The molecule has 1 aliphatic rings. The Bertz CT molecular complexity index is 1200.